The number of nitrogens with zero attached hydrogens (tertiary/aromatic N) is 1. The Morgan fingerprint density at radius 3 is 2.54 bits per heavy atom. The standard InChI is InChI=1S/C20H24ClNO4/c1-13(2)22(12-16-8-6-14(3)26-16)19(23)9-7-15-10-17(21)20(25-5)18(11-15)24-4/h6-11,13H,12H2,1-5H3/b9-7+. The van der Waals surface area contributed by atoms with Crippen molar-refractivity contribution < 1.29 is 18.7 Å². The lowest BCUT2D eigenvalue weighted by atomic mass is 10.1. The molecule has 2 rings (SSSR count). The van der Waals surface area contributed by atoms with Crippen molar-refractivity contribution in [1.29, 1.82) is 0 Å². The number of carbonyl (C=O) groups excluding carboxylic acids is 1. The fourth-order valence-electron chi connectivity index (χ4n) is 2.55. The Balaban J connectivity index is 2.19. The summed E-state index contributed by atoms with van der Waals surface area (Å²) in [5, 5.41) is 0.422. The molecule has 2 aromatic rings. The van der Waals surface area contributed by atoms with Crippen LogP contribution in [-0.2, 0) is 11.3 Å². The van der Waals surface area contributed by atoms with E-state index in [4.69, 9.17) is 25.5 Å². The molecule has 0 aliphatic carbocycles. The molecule has 0 atom stereocenters. The average molecular weight is 378 g/mol. The fraction of sp³-hybridized carbons (Fsp3) is 0.350. The summed E-state index contributed by atoms with van der Waals surface area (Å²) in [7, 11) is 3.07. The van der Waals surface area contributed by atoms with Crippen molar-refractivity contribution in [2.45, 2.75) is 33.4 Å². The number of amides is 1. The summed E-state index contributed by atoms with van der Waals surface area (Å²) < 4.78 is 16.1. The third-order valence-electron chi connectivity index (χ3n) is 3.90. The molecule has 0 N–H and O–H groups in total. The number of ether oxygens (including phenoxy) is 2. The number of hydrogen-bond donors (Lipinski definition) is 0. The van der Waals surface area contributed by atoms with Crippen molar-refractivity contribution in [3.05, 3.63) is 52.4 Å². The first kappa shape index (κ1) is 19.9. The molecule has 26 heavy (non-hydrogen) atoms. The molecule has 0 aliphatic heterocycles. The lowest BCUT2D eigenvalue weighted by molar-refractivity contribution is -0.128. The van der Waals surface area contributed by atoms with Gasteiger partial charge in [0.2, 0.25) is 5.91 Å². The predicted octanol–water partition coefficient (Wildman–Crippen LogP) is 4.71. The Bertz CT molecular complexity index is 795. The maximum absolute atomic E-state index is 12.6. The van der Waals surface area contributed by atoms with E-state index < -0.39 is 0 Å². The van der Waals surface area contributed by atoms with E-state index in [1.807, 2.05) is 32.9 Å². The molecular formula is C20H24ClNO4. The number of furan rings is 1. The Morgan fingerprint density at radius 1 is 1.27 bits per heavy atom. The second kappa shape index (κ2) is 8.81. The topological polar surface area (TPSA) is 51.9 Å². The lowest BCUT2D eigenvalue weighted by Gasteiger charge is -2.24. The predicted molar refractivity (Wildman–Crippen MR) is 103 cm³/mol. The lowest BCUT2D eigenvalue weighted by Crippen LogP contribution is -2.35. The number of rotatable bonds is 7. The van der Waals surface area contributed by atoms with Crippen molar-refractivity contribution >= 4 is 23.6 Å². The molecule has 0 bridgehead atoms. The van der Waals surface area contributed by atoms with E-state index in [1.165, 1.54) is 13.2 Å². The van der Waals surface area contributed by atoms with Gasteiger partial charge in [0.05, 0.1) is 25.8 Å². The molecule has 0 saturated heterocycles. The Kier molecular flexibility index (Phi) is 6.75. The van der Waals surface area contributed by atoms with Gasteiger partial charge < -0.3 is 18.8 Å². The monoisotopic (exact) mass is 377 g/mol. The van der Waals surface area contributed by atoms with Gasteiger partial charge in [0, 0.05) is 12.1 Å². The molecule has 0 fully saturated rings. The van der Waals surface area contributed by atoms with Crippen LogP contribution in [0.1, 0.15) is 30.9 Å². The number of aryl methyl sites for hydroxylation is 1. The molecule has 140 valence electrons. The summed E-state index contributed by atoms with van der Waals surface area (Å²) in [6.07, 6.45) is 3.23. The zero-order chi connectivity index (χ0) is 19.3. The van der Waals surface area contributed by atoms with Crippen molar-refractivity contribution in [2.24, 2.45) is 0 Å². The molecule has 1 amide bonds. The SMILES string of the molecule is COc1cc(/C=C/C(=O)N(Cc2ccc(C)o2)C(C)C)cc(Cl)c1OC. The molecule has 6 heteroatoms. The van der Waals surface area contributed by atoms with Gasteiger partial charge >= 0.3 is 0 Å². The molecule has 1 aromatic carbocycles. The minimum Gasteiger partial charge on any atom is -0.493 e. The Morgan fingerprint density at radius 2 is 2.00 bits per heavy atom. The molecule has 1 heterocycles. The van der Waals surface area contributed by atoms with Crippen LogP contribution in [0.4, 0.5) is 0 Å². The molecular weight excluding hydrogens is 354 g/mol. The van der Waals surface area contributed by atoms with Gasteiger partial charge in [0.15, 0.2) is 11.5 Å². The Labute approximate surface area is 159 Å². The van der Waals surface area contributed by atoms with Crippen LogP contribution in [0.25, 0.3) is 6.08 Å². The van der Waals surface area contributed by atoms with Crippen LogP contribution in [0.5, 0.6) is 11.5 Å². The highest BCUT2D eigenvalue weighted by Gasteiger charge is 2.17. The smallest absolute Gasteiger partial charge is 0.247 e. The first-order valence-electron chi connectivity index (χ1n) is 8.31. The van der Waals surface area contributed by atoms with Crippen LogP contribution in [0.2, 0.25) is 5.02 Å². The molecule has 0 aliphatic rings. The van der Waals surface area contributed by atoms with E-state index in [2.05, 4.69) is 0 Å². The fourth-order valence-corrected chi connectivity index (χ4v) is 2.85. The normalized spacial score (nSPS) is 11.2. The van der Waals surface area contributed by atoms with Crippen LogP contribution in [0.3, 0.4) is 0 Å². The van der Waals surface area contributed by atoms with Crippen molar-refractivity contribution in [3.63, 3.8) is 0 Å². The maximum Gasteiger partial charge on any atom is 0.247 e. The van der Waals surface area contributed by atoms with E-state index in [-0.39, 0.29) is 11.9 Å². The van der Waals surface area contributed by atoms with Gasteiger partial charge in [-0.25, -0.2) is 0 Å². The van der Waals surface area contributed by atoms with Crippen LogP contribution < -0.4 is 9.47 Å². The molecule has 1 aromatic heterocycles. The molecule has 0 radical (unpaired) electrons. The number of benzene rings is 1. The minimum atomic E-state index is -0.111. The van der Waals surface area contributed by atoms with Crippen LogP contribution >= 0.6 is 11.6 Å². The van der Waals surface area contributed by atoms with Crippen LogP contribution in [-0.4, -0.2) is 31.1 Å². The van der Waals surface area contributed by atoms with Gasteiger partial charge in [-0.05, 0) is 56.7 Å². The first-order valence-corrected chi connectivity index (χ1v) is 8.69. The van der Waals surface area contributed by atoms with Gasteiger partial charge in [0.25, 0.3) is 0 Å². The summed E-state index contributed by atoms with van der Waals surface area (Å²) in [6.45, 7) is 6.23. The highest BCUT2D eigenvalue weighted by Crippen LogP contribution is 2.36. The molecule has 0 unspecified atom stereocenters. The van der Waals surface area contributed by atoms with E-state index in [9.17, 15) is 4.79 Å². The van der Waals surface area contributed by atoms with Crippen LogP contribution in [0, 0.1) is 6.92 Å². The van der Waals surface area contributed by atoms with E-state index in [0.717, 1.165) is 17.1 Å². The summed E-state index contributed by atoms with van der Waals surface area (Å²) in [6, 6.07) is 7.30. The van der Waals surface area contributed by atoms with Gasteiger partial charge in [-0.15, -0.1) is 0 Å². The van der Waals surface area contributed by atoms with Crippen molar-refractivity contribution in [3.8, 4) is 11.5 Å². The minimum absolute atomic E-state index is 0.0338. The van der Waals surface area contributed by atoms with Crippen LogP contribution in [0.15, 0.2) is 34.8 Å². The maximum atomic E-state index is 12.6. The van der Waals surface area contributed by atoms with E-state index in [0.29, 0.717) is 23.1 Å². The second-order valence-corrected chi connectivity index (χ2v) is 6.55. The van der Waals surface area contributed by atoms with E-state index >= 15 is 0 Å². The zero-order valence-electron chi connectivity index (χ0n) is 15.7. The summed E-state index contributed by atoms with van der Waals surface area (Å²) in [5.41, 5.74) is 0.749. The second-order valence-electron chi connectivity index (χ2n) is 6.14. The zero-order valence-corrected chi connectivity index (χ0v) is 16.5. The molecule has 0 saturated carbocycles. The van der Waals surface area contributed by atoms with Gasteiger partial charge in [-0.1, -0.05) is 11.6 Å². The summed E-state index contributed by atoms with van der Waals surface area (Å²) >= 11 is 6.20. The first-order chi connectivity index (χ1) is 12.3. The average Bonchev–Trinajstić information content (AvgIpc) is 3.01. The van der Waals surface area contributed by atoms with Crippen molar-refractivity contribution in [1.82, 2.24) is 4.90 Å². The number of halogens is 1. The Hall–Kier alpha value is -2.40. The van der Waals surface area contributed by atoms with Gasteiger partial charge in [-0.3, -0.25) is 4.79 Å². The summed E-state index contributed by atoms with van der Waals surface area (Å²) in [4.78, 5) is 14.4. The van der Waals surface area contributed by atoms with Gasteiger partial charge in [0.1, 0.15) is 11.5 Å². The highest BCUT2D eigenvalue weighted by atomic mass is 35.5. The highest BCUT2D eigenvalue weighted by molar-refractivity contribution is 6.32. The van der Waals surface area contributed by atoms with E-state index in [1.54, 1.807) is 30.2 Å². The summed E-state index contributed by atoms with van der Waals surface area (Å²) in [5.74, 6) is 2.45. The number of hydrogen-bond acceptors (Lipinski definition) is 4. The largest absolute Gasteiger partial charge is 0.493 e. The number of methoxy groups -OCH3 is 2. The van der Waals surface area contributed by atoms with Crippen molar-refractivity contribution in [2.75, 3.05) is 14.2 Å². The van der Waals surface area contributed by atoms with Gasteiger partial charge in [-0.2, -0.15) is 0 Å². The third kappa shape index (κ3) is 4.82. The third-order valence-corrected chi connectivity index (χ3v) is 4.18. The molecule has 5 nitrogen and oxygen atoms in total. The quantitative estimate of drug-likeness (QED) is 0.656. The number of carbonyl (C=O) groups is 1. The molecule has 0 spiro atoms.